The number of rotatable bonds is 2. The molecule has 2 aromatic rings. The summed E-state index contributed by atoms with van der Waals surface area (Å²) in [7, 11) is 0. The second-order valence-corrected chi connectivity index (χ2v) is 6.01. The molecule has 1 aliphatic rings. The van der Waals surface area contributed by atoms with E-state index in [-0.39, 0.29) is 36.8 Å². The van der Waals surface area contributed by atoms with Gasteiger partial charge in [0, 0.05) is 31.2 Å². The number of hydrogen-bond donors (Lipinski definition) is 0. The average molecular weight is 392 g/mol. The van der Waals surface area contributed by atoms with Gasteiger partial charge in [-0.3, -0.25) is 4.79 Å². The van der Waals surface area contributed by atoms with Gasteiger partial charge in [-0.05, 0) is 18.2 Å². The Labute approximate surface area is 149 Å². The van der Waals surface area contributed by atoms with Gasteiger partial charge in [-0.25, -0.2) is 4.39 Å². The standard InChI is InChI=1S/C16H11ClF5N3O/c17-8-1-2-9(10(18)7-8)16(26)25-5-3-24(4-6-25)13-11(19)14(21)23-15(22)12(13)20/h1-2,7H,3-6H2. The van der Waals surface area contributed by atoms with E-state index >= 15 is 0 Å². The lowest BCUT2D eigenvalue weighted by Crippen LogP contribution is -2.49. The molecule has 0 N–H and O–H groups in total. The number of anilines is 1. The van der Waals surface area contributed by atoms with E-state index in [9.17, 15) is 26.7 Å². The van der Waals surface area contributed by atoms with Crippen molar-refractivity contribution in [3.05, 3.63) is 58.1 Å². The fraction of sp³-hybridized carbons (Fsp3) is 0.250. The van der Waals surface area contributed by atoms with Crippen molar-refractivity contribution in [2.45, 2.75) is 0 Å². The average Bonchev–Trinajstić information content (AvgIpc) is 2.60. The van der Waals surface area contributed by atoms with Gasteiger partial charge in [0.05, 0.1) is 5.56 Å². The first-order valence-corrected chi connectivity index (χ1v) is 7.86. The van der Waals surface area contributed by atoms with Crippen molar-refractivity contribution >= 4 is 23.2 Å². The Morgan fingerprint density at radius 2 is 1.54 bits per heavy atom. The first-order chi connectivity index (χ1) is 12.3. The largest absolute Gasteiger partial charge is 0.363 e. The zero-order valence-electron chi connectivity index (χ0n) is 13.1. The number of benzene rings is 1. The van der Waals surface area contributed by atoms with Crippen LogP contribution in [0.4, 0.5) is 27.6 Å². The maximum atomic E-state index is 13.9. The van der Waals surface area contributed by atoms with Crippen molar-refractivity contribution in [3.63, 3.8) is 0 Å². The van der Waals surface area contributed by atoms with Gasteiger partial charge in [0.25, 0.3) is 17.8 Å². The summed E-state index contributed by atoms with van der Waals surface area (Å²) in [5.41, 5.74) is -1.07. The smallest absolute Gasteiger partial charge is 0.256 e. The summed E-state index contributed by atoms with van der Waals surface area (Å²) in [5, 5.41) is 0.136. The number of pyridine rings is 1. The molecule has 0 saturated carbocycles. The van der Waals surface area contributed by atoms with Gasteiger partial charge in [0.1, 0.15) is 11.5 Å². The summed E-state index contributed by atoms with van der Waals surface area (Å²) in [6.45, 7) is -0.244. The van der Waals surface area contributed by atoms with Crippen LogP contribution in [0, 0.1) is 29.3 Å². The van der Waals surface area contributed by atoms with Crippen LogP contribution in [0.2, 0.25) is 5.02 Å². The highest BCUT2D eigenvalue weighted by Gasteiger charge is 2.30. The lowest BCUT2D eigenvalue weighted by atomic mass is 10.1. The van der Waals surface area contributed by atoms with Gasteiger partial charge in [-0.15, -0.1) is 0 Å². The van der Waals surface area contributed by atoms with Gasteiger partial charge in [0.15, 0.2) is 0 Å². The number of aromatic nitrogens is 1. The maximum absolute atomic E-state index is 13.9. The van der Waals surface area contributed by atoms with Crippen LogP contribution in [0.15, 0.2) is 18.2 Å². The predicted molar refractivity (Wildman–Crippen MR) is 83.6 cm³/mol. The van der Waals surface area contributed by atoms with Gasteiger partial charge in [0.2, 0.25) is 11.6 Å². The van der Waals surface area contributed by atoms with Crippen molar-refractivity contribution < 1.29 is 26.7 Å². The maximum Gasteiger partial charge on any atom is 0.256 e. The number of halogens is 6. The molecule has 1 aromatic carbocycles. The van der Waals surface area contributed by atoms with Crippen LogP contribution < -0.4 is 4.90 Å². The van der Waals surface area contributed by atoms with Crippen molar-refractivity contribution in [1.29, 1.82) is 0 Å². The number of carbonyl (C=O) groups excluding carboxylic acids is 1. The minimum atomic E-state index is -1.75. The van der Waals surface area contributed by atoms with Crippen molar-refractivity contribution in [1.82, 2.24) is 9.88 Å². The van der Waals surface area contributed by atoms with E-state index in [1.807, 2.05) is 0 Å². The summed E-state index contributed by atoms with van der Waals surface area (Å²) < 4.78 is 68.0. The van der Waals surface area contributed by atoms with Crippen LogP contribution in [-0.2, 0) is 0 Å². The van der Waals surface area contributed by atoms with Crippen LogP contribution in [0.3, 0.4) is 0 Å². The van der Waals surface area contributed by atoms with E-state index in [0.717, 1.165) is 11.0 Å². The Balaban J connectivity index is 1.77. The molecule has 1 saturated heterocycles. The third kappa shape index (κ3) is 3.31. The highest BCUT2D eigenvalue weighted by Crippen LogP contribution is 2.27. The summed E-state index contributed by atoms with van der Waals surface area (Å²) in [5.74, 6) is -8.12. The number of hydrogen-bond acceptors (Lipinski definition) is 3. The molecule has 0 aliphatic carbocycles. The Hall–Kier alpha value is -2.42. The highest BCUT2D eigenvalue weighted by molar-refractivity contribution is 6.30. The molecule has 2 heterocycles. The second kappa shape index (κ2) is 7.06. The van der Waals surface area contributed by atoms with E-state index in [1.54, 1.807) is 0 Å². The molecule has 0 unspecified atom stereocenters. The van der Waals surface area contributed by atoms with Crippen molar-refractivity contribution in [2.24, 2.45) is 0 Å². The van der Waals surface area contributed by atoms with Crippen LogP contribution in [0.25, 0.3) is 0 Å². The van der Waals surface area contributed by atoms with E-state index < -0.39 is 40.9 Å². The van der Waals surface area contributed by atoms with Crippen molar-refractivity contribution in [2.75, 3.05) is 31.1 Å². The fourth-order valence-electron chi connectivity index (χ4n) is 2.72. The van der Waals surface area contributed by atoms with Gasteiger partial charge < -0.3 is 9.80 Å². The summed E-state index contributed by atoms with van der Waals surface area (Å²) >= 11 is 5.64. The molecular formula is C16H11ClF5N3O. The van der Waals surface area contributed by atoms with E-state index in [2.05, 4.69) is 4.98 Å². The zero-order chi connectivity index (χ0) is 19.0. The Morgan fingerprint density at radius 3 is 2.08 bits per heavy atom. The molecule has 4 nitrogen and oxygen atoms in total. The van der Waals surface area contributed by atoms with E-state index in [0.29, 0.717) is 0 Å². The Morgan fingerprint density at radius 1 is 0.962 bits per heavy atom. The molecule has 1 aromatic heterocycles. The second-order valence-electron chi connectivity index (χ2n) is 5.57. The third-order valence-electron chi connectivity index (χ3n) is 4.02. The number of carbonyl (C=O) groups is 1. The summed E-state index contributed by atoms with van der Waals surface area (Å²) in [6.07, 6.45) is 0. The van der Waals surface area contributed by atoms with E-state index in [4.69, 9.17) is 11.6 Å². The van der Waals surface area contributed by atoms with Crippen LogP contribution in [0.1, 0.15) is 10.4 Å². The fourth-order valence-corrected chi connectivity index (χ4v) is 2.88. The number of nitrogens with zero attached hydrogens (tertiary/aromatic N) is 3. The van der Waals surface area contributed by atoms with Gasteiger partial charge >= 0.3 is 0 Å². The molecular weight excluding hydrogens is 381 g/mol. The molecule has 26 heavy (non-hydrogen) atoms. The third-order valence-corrected chi connectivity index (χ3v) is 4.25. The number of amides is 1. The molecule has 138 valence electrons. The molecule has 1 amide bonds. The normalized spacial score (nSPS) is 14.7. The molecule has 0 spiro atoms. The Bertz CT molecular complexity index is 845. The predicted octanol–water partition coefficient (Wildman–Crippen LogP) is 3.39. The molecule has 0 radical (unpaired) electrons. The lowest BCUT2D eigenvalue weighted by Gasteiger charge is -2.36. The van der Waals surface area contributed by atoms with Crippen molar-refractivity contribution in [3.8, 4) is 0 Å². The highest BCUT2D eigenvalue weighted by atomic mass is 35.5. The minimum absolute atomic E-state index is 0.0225. The molecule has 1 fully saturated rings. The quantitative estimate of drug-likeness (QED) is 0.581. The summed E-state index contributed by atoms with van der Waals surface area (Å²) in [4.78, 5) is 17.2. The lowest BCUT2D eigenvalue weighted by molar-refractivity contribution is 0.0741. The first-order valence-electron chi connectivity index (χ1n) is 7.49. The van der Waals surface area contributed by atoms with Crippen LogP contribution >= 0.6 is 11.6 Å². The topological polar surface area (TPSA) is 36.4 Å². The van der Waals surface area contributed by atoms with E-state index in [1.165, 1.54) is 17.0 Å². The molecule has 0 bridgehead atoms. The SMILES string of the molecule is O=C(c1ccc(Cl)cc1F)N1CCN(c2c(F)c(F)nc(F)c2F)CC1. The molecule has 0 atom stereocenters. The molecule has 1 aliphatic heterocycles. The molecule has 10 heteroatoms. The number of piperazine rings is 1. The molecule has 3 rings (SSSR count). The van der Waals surface area contributed by atoms with Gasteiger partial charge in [-0.2, -0.15) is 22.5 Å². The van der Waals surface area contributed by atoms with Crippen LogP contribution in [-0.4, -0.2) is 42.0 Å². The zero-order valence-corrected chi connectivity index (χ0v) is 13.8. The monoisotopic (exact) mass is 391 g/mol. The first kappa shape index (κ1) is 18.4. The summed E-state index contributed by atoms with van der Waals surface area (Å²) in [6, 6.07) is 3.60. The van der Waals surface area contributed by atoms with Gasteiger partial charge in [-0.1, -0.05) is 11.6 Å². The Kier molecular flexibility index (Phi) is 4.99. The van der Waals surface area contributed by atoms with Crippen LogP contribution in [0.5, 0.6) is 0 Å². The minimum Gasteiger partial charge on any atom is -0.363 e.